The highest BCUT2D eigenvalue weighted by atomic mass is 19.2. The van der Waals surface area contributed by atoms with Crippen LogP contribution < -0.4 is 0 Å². The Labute approximate surface area is 75.7 Å². The molecule has 0 amide bonds. The average Bonchev–Trinajstić information content (AvgIpc) is 2.08. The van der Waals surface area contributed by atoms with E-state index in [1.165, 1.54) is 0 Å². The number of carbonyl (C=O) groups is 1. The third kappa shape index (κ3) is 1.51. The third-order valence-electron chi connectivity index (χ3n) is 1.48. The van der Waals surface area contributed by atoms with E-state index in [1.807, 2.05) is 0 Å². The van der Waals surface area contributed by atoms with Gasteiger partial charge in [0.05, 0.1) is 4.92 Å². The number of carboxylic acids is 1. The number of nitro groups is 1. The van der Waals surface area contributed by atoms with E-state index < -0.39 is 33.8 Å². The summed E-state index contributed by atoms with van der Waals surface area (Å²) in [7, 11) is 0. The van der Waals surface area contributed by atoms with Crippen molar-refractivity contribution in [3.63, 3.8) is 0 Å². The topological polar surface area (TPSA) is 80.4 Å². The van der Waals surface area contributed by atoms with E-state index in [0.717, 1.165) is 0 Å². The zero-order valence-corrected chi connectivity index (χ0v) is 6.53. The van der Waals surface area contributed by atoms with Gasteiger partial charge in [0, 0.05) is 0 Å². The van der Waals surface area contributed by atoms with Crippen molar-refractivity contribution < 1.29 is 23.6 Å². The quantitative estimate of drug-likeness (QED) is 0.584. The van der Waals surface area contributed by atoms with Gasteiger partial charge < -0.3 is 5.11 Å². The van der Waals surface area contributed by atoms with Crippen LogP contribution in [0.1, 0.15) is 10.4 Å². The van der Waals surface area contributed by atoms with Gasteiger partial charge in [0.25, 0.3) is 0 Å². The van der Waals surface area contributed by atoms with Crippen LogP contribution in [0.5, 0.6) is 0 Å². The summed E-state index contributed by atoms with van der Waals surface area (Å²) in [4.78, 5) is 19.4. The number of benzene rings is 1. The lowest BCUT2D eigenvalue weighted by molar-refractivity contribution is -0.388. The summed E-state index contributed by atoms with van der Waals surface area (Å²) in [6.45, 7) is 0. The second kappa shape index (κ2) is 3.36. The van der Waals surface area contributed by atoms with E-state index >= 15 is 0 Å². The molecule has 0 heterocycles. The molecule has 0 atom stereocenters. The molecule has 7 heteroatoms. The fourth-order valence-corrected chi connectivity index (χ4v) is 0.891. The smallest absolute Gasteiger partial charge is 0.342 e. The molecule has 1 aromatic rings. The number of carboxylic acid groups (broad SMARTS) is 1. The normalized spacial score (nSPS) is 9.86. The summed E-state index contributed by atoms with van der Waals surface area (Å²) in [6.07, 6.45) is 0. The molecule has 0 bridgehead atoms. The van der Waals surface area contributed by atoms with Gasteiger partial charge in [-0.15, -0.1) is 0 Å². The molecule has 0 aliphatic carbocycles. The number of rotatable bonds is 2. The Morgan fingerprint density at radius 3 is 2.43 bits per heavy atom. The molecule has 14 heavy (non-hydrogen) atoms. The lowest BCUT2D eigenvalue weighted by Gasteiger charge is -1.99. The summed E-state index contributed by atoms with van der Waals surface area (Å²) < 4.78 is 25.3. The molecule has 0 unspecified atom stereocenters. The van der Waals surface area contributed by atoms with E-state index in [4.69, 9.17) is 5.11 Å². The zero-order valence-electron chi connectivity index (χ0n) is 6.53. The summed E-state index contributed by atoms with van der Waals surface area (Å²) >= 11 is 0. The molecule has 0 fully saturated rings. The van der Waals surface area contributed by atoms with Gasteiger partial charge in [-0.2, -0.15) is 4.39 Å². The first-order chi connectivity index (χ1) is 6.45. The lowest BCUT2D eigenvalue weighted by Crippen LogP contribution is -2.06. The van der Waals surface area contributed by atoms with Crippen LogP contribution in [0.25, 0.3) is 0 Å². The second-order valence-corrected chi connectivity index (χ2v) is 2.32. The minimum atomic E-state index is -1.77. The fourth-order valence-electron chi connectivity index (χ4n) is 0.891. The summed E-state index contributed by atoms with van der Waals surface area (Å²) in [5, 5.41) is 18.7. The number of hydrogen-bond acceptors (Lipinski definition) is 3. The molecular formula is C7H3F2NO4. The van der Waals surface area contributed by atoms with Crippen molar-refractivity contribution in [3.05, 3.63) is 39.4 Å². The van der Waals surface area contributed by atoms with Gasteiger partial charge in [0.2, 0.25) is 5.82 Å². The van der Waals surface area contributed by atoms with Gasteiger partial charge in [-0.05, 0) is 12.1 Å². The number of halogens is 2. The highest BCUT2D eigenvalue weighted by Crippen LogP contribution is 2.24. The fraction of sp³-hybridized carbons (Fsp3) is 0. The molecular weight excluding hydrogens is 200 g/mol. The summed E-state index contributed by atoms with van der Waals surface area (Å²) in [5.74, 6) is -4.91. The monoisotopic (exact) mass is 203 g/mol. The van der Waals surface area contributed by atoms with Crippen LogP contribution in [0, 0.1) is 21.7 Å². The Kier molecular flexibility index (Phi) is 2.41. The van der Waals surface area contributed by atoms with Crippen molar-refractivity contribution in [2.24, 2.45) is 0 Å². The Balaban J connectivity index is 3.53. The first kappa shape index (κ1) is 10.0. The molecule has 0 radical (unpaired) electrons. The van der Waals surface area contributed by atoms with Gasteiger partial charge in [-0.3, -0.25) is 10.1 Å². The standard InChI is InChI=1S/C7H3F2NO4/c8-4-2-1-3(7(11)12)6(5(4)9)10(13)14/h1-2H,(H,11,12). The van der Waals surface area contributed by atoms with Crippen LogP contribution in [-0.2, 0) is 0 Å². The van der Waals surface area contributed by atoms with Gasteiger partial charge in [0.15, 0.2) is 5.82 Å². The molecule has 0 saturated heterocycles. The van der Waals surface area contributed by atoms with Gasteiger partial charge >= 0.3 is 11.7 Å². The Bertz CT molecular complexity index is 418. The van der Waals surface area contributed by atoms with Crippen molar-refractivity contribution in [1.82, 2.24) is 0 Å². The van der Waals surface area contributed by atoms with E-state index in [2.05, 4.69) is 0 Å². The maximum Gasteiger partial charge on any atom is 0.342 e. The van der Waals surface area contributed by atoms with E-state index in [0.29, 0.717) is 12.1 Å². The molecule has 0 aromatic heterocycles. The highest BCUT2D eigenvalue weighted by Gasteiger charge is 2.27. The molecule has 0 aliphatic heterocycles. The summed E-state index contributed by atoms with van der Waals surface area (Å²) in [6, 6.07) is 1.16. The Hall–Kier alpha value is -2.05. The van der Waals surface area contributed by atoms with Crippen LogP contribution in [0.2, 0.25) is 0 Å². The molecule has 0 aliphatic rings. The SMILES string of the molecule is O=C(O)c1ccc(F)c(F)c1[N+](=O)[O-]. The van der Waals surface area contributed by atoms with Crippen molar-refractivity contribution >= 4 is 11.7 Å². The van der Waals surface area contributed by atoms with Gasteiger partial charge in [0.1, 0.15) is 5.56 Å². The van der Waals surface area contributed by atoms with Crippen molar-refractivity contribution in [3.8, 4) is 0 Å². The van der Waals surface area contributed by atoms with Crippen LogP contribution in [0.3, 0.4) is 0 Å². The number of hydrogen-bond donors (Lipinski definition) is 1. The number of aromatic carboxylic acids is 1. The maximum atomic E-state index is 12.8. The molecule has 0 spiro atoms. The first-order valence-electron chi connectivity index (χ1n) is 3.31. The first-order valence-corrected chi connectivity index (χ1v) is 3.31. The zero-order chi connectivity index (χ0) is 10.9. The van der Waals surface area contributed by atoms with Gasteiger partial charge in [-0.1, -0.05) is 0 Å². The van der Waals surface area contributed by atoms with E-state index in [9.17, 15) is 23.7 Å². The van der Waals surface area contributed by atoms with E-state index in [1.54, 1.807) is 0 Å². The predicted octanol–water partition coefficient (Wildman–Crippen LogP) is 1.57. The minimum Gasteiger partial charge on any atom is -0.477 e. The minimum absolute atomic E-state index is 0.520. The van der Waals surface area contributed by atoms with Crippen molar-refractivity contribution in [2.75, 3.05) is 0 Å². The van der Waals surface area contributed by atoms with Crippen LogP contribution in [0.4, 0.5) is 14.5 Å². The van der Waals surface area contributed by atoms with Crippen LogP contribution >= 0.6 is 0 Å². The van der Waals surface area contributed by atoms with Crippen LogP contribution in [-0.4, -0.2) is 16.0 Å². The largest absolute Gasteiger partial charge is 0.477 e. The van der Waals surface area contributed by atoms with Crippen molar-refractivity contribution in [2.45, 2.75) is 0 Å². The van der Waals surface area contributed by atoms with Gasteiger partial charge in [-0.25, -0.2) is 9.18 Å². The van der Waals surface area contributed by atoms with E-state index in [-0.39, 0.29) is 0 Å². The second-order valence-electron chi connectivity index (χ2n) is 2.32. The predicted molar refractivity (Wildman–Crippen MR) is 40.0 cm³/mol. The van der Waals surface area contributed by atoms with Crippen molar-refractivity contribution in [1.29, 1.82) is 0 Å². The number of nitrogens with zero attached hydrogens (tertiary/aromatic N) is 1. The molecule has 1 rings (SSSR count). The lowest BCUT2D eigenvalue weighted by atomic mass is 10.1. The molecule has 74 valence electrons. The molecule has 1 aromatic carbocycles. The average molecular weight is 203 g/mol. The molecule has 5 nitrogen and oxygen atoms in total. The highest BCUT2D eigenvalue weighted by molar-refractivity contribution is 5.92. The molecule has 0 saturated carbocycles. The number of nitro benzene ring substituents is 1. The third-order valence-corrected chi connectivity index (χ3v) is 1.48. The maximum absolute atomic E-state index is 12.8. The summed E-state index contributed by atoms with van der Waals surface area (Å²) in [5.41, 5.74) is -2.24. The molecule has 1 N–H and O–H groups in total. The van der Waals surface area contributed by atoms with Crippen LogP contribution in [0.15, 0.2) is 12.1 Å². The Morgan fingerprint density at radius 1 is 1.43 bits per heavy atom. The Morgan fingerprint density at radius 2 is 2.00 bits per heavy atom.